The molecule has 1 aliphatic rings. The number of aromatic nitrogens is 2. The number of nitrogens with zero attached hydrogens (tertiary/aromatic N) is 2. The van der Waals surface area contributed by atoms with Crippen LogP contribution in [-0.2, 0) is 11.3 Å². The van der Waals surface area contributed by atoms with Crippen LogP contribution in [0.2, 0.25) is 0 Å². The Bertz CT molecular complexity index is 825. The van der Waals surface area contributed by atoms with Crippen molar-refractivity contribution >= 4 is 11.6 Å². The van der Waals surface area contributed by atoms with Crippen molar-refractivity contribution in [3.63, 3.8) is 0 Å². The summed E-state index contributed by atoms with van der Waals surface area (Å²) in [7, 11) is 0. The first kappa shape index (κ1) is 16.6. The number of carbonyl (C=O) groups excluding carboxylic acids is 1. The molecule has 4 rings (SSSR count). The normalized spacial score (nSPS) is 17.9. The number of carbonyl (C=O) groups is 1. The van der Waals surface area contributed by atoms with Gasteiger partial charge in [0.25, 0.3) is 0 Å². The van der Waals surface area contributed by atoms with E-state index >= 15 is 0 Å². The Morgan fingerprint density at radius 3 is 2.88 bits per heavy atom. The highest BCUT2D eigenvalue weighted by atomic mass is 16.3. The fraction of sp³-hybridized carbons (Fsp3) is 0.300. The van der Waals surface area contributed by atoms with Crippen LogP contribution in [0.3, 0.4) is 0 Å². The van der Waals surface area contributed by atoms with Gasteiger partial charge in [0.1, 0.15) is 0 Å². The molecular weight excluding hydrogens is 328 g/mol. The Labute approximate surface area is 152 Å². The van der Waals surface area contributed by atoms with Crippen molar-refractivity contribution in [3.05, 3.63) is 60.7 Å². The Morgan fingerprint density at radius 1 is 1.27 bits per heavy atom. The number of nitrogens with one attached hydrogen (secondary N) is 2. The lowest BCUT2D eigenvalue weighted by molar-refractivity contribution is -0.121. The fourth-order valence-corrected chi connectivity index (χ4v) is 3.45. The van der Waals surface area contributed by atoms with E-state index in [0.29, 0.717) is 0 Å². The highest BCUT2D eigenvalue weighted by Crippen LogP contribution is 2.22. The highest BCUT2D eigenvalue weighted by molar-refractivity contribution is 5.93. The number of piperidine rings is 1. The Balaban J connectivity index is 1.35. The van der Waals surface area contributed by atoms with Crippen LogP contribution in [0.4, 0.5) is 5.69 Å². The highest BCUT2D eigenvalue weighted by Gasteiger charge is 2.26. The maximum atomic E-state index is 12.7. The van der Waals surface area contributed by atoms with Crippen LogP contribution >= 0.6 is 0 Å². The number of amides is 1. The van der Waals surface area contributed by atoms with Crippen LogP contribution in [0.25, 0.3) is 11.3 Å². The van der Waals surface area contributed by atoms with Crippen molar-refractivity contribution in [2.45, 2.75) is 19.4 Å². The number of benzene rings is 1. The quantitative estimate of drug-likeness (QED) is 0.738. The number of anilines is 1. The van der Waals surface area contributed by atoms with Gasteiger partial charge in [-0.3, -0.25) is 14.8 Å². The Hall–Kier alpha value is -2.86. The molecule has 2 N–H and O–H groups in total. The van der Waals surface area contributed by atoms with E-state index < -0.39 is 0 Å². The number of rotatable bonds is 5. The van der Waals surface area contributed by atoms with Gasteiger partial charge in [0.2, 0.25) is 5.91 Å². The van der Waals surface area contributed by atoms with Crippen LogP contribution in [-0.4, -0.2) is 34.1 Å². The molecule has 134 valence electrons. The van der Waals surface area contributed by atoms with E-state index in [1.165, 1.54) is 0 Å². The molecule has 1 fully saturated rings. The summed E-state index contributed by atoms with van der Waals surface area (Å²) < 4.78 is 5.13. The van der Waals surface area contributed by atoms with Crippen molar-refractivity contribution in [3.8, 4) is 11.3 Å². The van der Waals surface area contributed by atoms with Crippen molar-refractivity contribution in [1.29, 1.82) is 0 Å². The molecule has 26 heavy (non-hydrogen) atoms. The van der Waals surface area contributed by atoms with E-state index in [1.54, 1.807) is 18.7 Å². The monoisotopic (exact) mass is 350 g/mol. The van der Waals surface area contributed by atoms with Crippen molar-refractivity contribution in [1.82, 2.24) is 15.1 Å². The summed E-state index contributed by atoms with van der Waals surface area (Å²) >= 11 is 0. The second-order valence-corrected chi connectivity index (χ2v) is 6.74. The fourth-order valence-electron chi connectivity index (χ4n) is 3.45. The number of H-pyrrole nitrogens is 1. The standard InChI is InChI=1S/C20H22N4O2/c25-20(17-2-1-10-24(13-17)12-15-8-11-26-14-15)22-18-5-3-16(4-6-18)19-7-9-21-23-19/h3-9,11,14,17H,1-2,10,12-13H2,(H,21,23)(H,22,25)/t17-/m0/s1. The number of furan rings is 1. The van der Waals surface area contributed by atoms with Gasteiger partial charge in [0.05, 0.1) is 24.1 Å². The van der Waals surface area contributed by atoms with Gasteiger partial charge >= 0.3 is 0 Å². The molecule has 0 unspecified atom stereocenters. The van der Waals surface area contributed by atoms with E-state index in [1.807, 2.05) is 36.4 Å². The summed E-state index contributed by atoms with van der Waals surface area (Å²) in [6, 6.07) is 11.7. The Morgan fingerprint density at radius 2 is 2.15 bits per heavy atom. The van der Waals surface area contributed by atoms with Gasteiger partial charge in [0.15, 0.2) is 0 Å². The first-order chi connectivity index (χ1) is 12.8. The van der Waals surface area contributed by atoms with Crippen molar-refractivity contribution < 1.29 is 9.21 Å². The van der Waals surface area contributed by atoms with Gasteiger partial charge < -0.3 is 9.73 Å². The van der Waals surface area contributed by atoms with Gasteiger partial charge in [-0.05, 0) is 49.2 Å². The van der Waals surface area contributed by atoms with E-state index in [0.717, 1.165) is 55.0 Å². The third-order valence-corrected chi connectivity index (χ3v) is 4.83. The minimum atomic E-state index is 0.0166. The maximum absolute atomic E-state index is 12.7. The zero-order valence-electron chi connectivity index (χ0n) is 14.5. The lowest BCUT2D eigenvalue weighted by Gasteiger charge is -2.31. The second-order valence-electron chi connectivity index (χ2n) is 6.74. The molecule has 0 radical (unpaired) electrons. The van der Waals surface area contributed by atoms with Gasteiger partial charge in [-0.25, -0.2) is 0 Å². The first-order valence-corrected chi connectivity index (χ1v) is 8.92. The number of aromatic amines is 1. The van der Waals surface area contributed by atoms with E-state index in [9.17, 15) is 4.79 Å². The maximum Gasteiger partial charge on any atom is 0.228 e. The number of hydrogen-bond acceptors (Lipinski definition) is 4. The number of hydrogen-bond donors (Lipinski definition) is 2. The molecule has 0 aliphatic carbocycles. The minimum absolute atomic E-state index is 0.0166. The average molecular weight is 350 g/mol. The third kappa shape index (κ3) is 3.86. The molecule has 2 aromatic heterocycles. The van der Waals surface area contributed by atoms with Crippen molar-refractivity contribution in [2.75, 3.05) is 18.4 Å². The minimum Gasteiger partial charge on any atom is -0.472 e. The summed E-state index contributed by atoms with van der Waals surface area (Å²) in [6.45, 7) is 2.64. The van der Waals surface area contributed by atoms with Crippen LogP contribution in [0, 0.1) is 5.92 Å². The lowest BCUT2D eigenvalue weighted by Crippen LogP contribution is -2.40. The predicted octanol–water partition coefficient (Wildman–Crippen LogP) is 3.52. The molecule has 1 saturated heterocycles. The summed E-state index contributed by atoms with van der Waals surface area (Å²) in [6.07, 6.45) is 7.15. The number of likely N-dealkylation sites (tertiary alicyclic amines) is 1. The SMILES string of the molecule is O=C(Nc1ccc(-c2ccn[nH]2)cc1)[C@H]1CCCN(Cc2ccoc2)C1. The molecule has 0 saturated carbocycles. The zero-order valence-corrected chi connectivity index (χ0v) is 14.5. The van der Waals surface area contributed by atoms with Crippen LogP contribution in [0.15, 0.2) is 59.5 Å². The summed E-state index contributed by atoms with van der Waals surface area (Å²) in [4.78, 5) is 15.0. The first-order valence-electron chi connectivity index (χ1n) is 8.92. The Kier molecular flexibility index (Phi) is 4.84. The van der Waals surface area contributed by atoms with Crippen molar-refractivity contribution in [2.24, 2.45) is 5.92 Å². The van der Waals surface area contributed by atoms with Crippen LogP contribution in [0.5, 0.6) is 0 Å². The van der Waals surface area contributed by atoms with Gasteiger partial charge in [-0.1, -0.05) is 12.1 Å². The predicted molar refractivity (Wildman–Crippen MR) is 99.4 cm³/mol. The van der Waals surface area contributed by atoms with Crippen LogP contribution in [0.1, 0.15) is 18.4 Å². The van der Waals surface area contributed by atoms with E-state index in [-0.39, 0.29) is 11.8 Å². The summed E-state index contributed by atoms with van der Waals surface area (Å²) in [5.41, 5.74) is 3.99. The van der Waals surface area contributed by atoms with Gasteiger partial charge in [0, 0.05) is 30.5 Å². The summed E-state index contributed by atoms with van der Waals surface area (Å²) in [5.74, 6) is 0.110. The molecule has 1 atom stereocenters. The molecule has 3 heterocycles. The lowest BCUT2D eigenvalue weighted by atomic mass is 9.96. The largest absolute Gasteiger partial charge is 0.472 e. The van der Waals surface area contributed by atoms with E-state index in [2.05, 4.69) is 20.4 Å². The molecule has 6 heteroatoms. The topological polar surface area (TPSA) is 74.2 Å². The zero-order chi connectivity index (χ0) is 17.8. The second kappa shape index (κ2) is 7.58. The van der Waals surface area contributed by atoms with E-state index in [4.69, 9.17) is 4.42 Å². The van der Waals surface area contributed by atoms with Gasteiger partial charge in [-0.15, -0.1) is 0 Å². The molecule has 0 bridgehead atoms. The smallest absolute Gasteiger partial charge is 0.228 e. The molecular formula is C20H22N4O2. The molecule has 6 nitrogen and oxygen atoms in total. The third-order valence-electron chi connectivity index (χ3n) is 4.83. The molecule has 1 aliphatic heterocycles. The molecule has 3 aromatic rings. The molecule has 0 spiro atoms. The molecule has 1 amide bonds. The van der Waals surface area contributed by atoms with Crippen LogP contribution < -0.4 is 5.32 Å². The summed E-state index contributed by atoms with van der Waals surface area (Å²) in [5, 5.41) is 9.95. The average Bonchev–Trinajstić information content (AvgIpc) is 3.36. The molecule has 1 aromatic carbocycles. The van der Waals surface area contributed by atoms with Gasteiger partial charge in [-0.2, -0.15) is 5.10 Å².